The second kappa shape index (κ2) is 6.24. The van der Waals surface area contributed by atoms with Crippen LogP contribution in [0.2, 0.25) is 0 Å². The van der Waals surface area contributed by atoms with Crippen LogP contribution in [0.4, 0.5) is 13.2 Å². The van der Waals surface area contributed by atoms with Crippen molar-refractivity contribution in [2.24, 2.45) is 0 Å². The first-order valence-electron chi connectivity index (χ1n) is 7.09. The second-order valence-corrected chi connectivity index (χ2v) is 6.29. The molecule has 3 rings (SSSR count). The fraction of sp³-hybridized carbons (Fsp3) is 0.167. The average Bonchev–Trinajstić information content (AvgIpc) is 2.53. The number of aromatic nitrogens is 1. The minimum Gasteiger partial charge on any atom is -0.243 e. The molecule has 0 bridgehead atoms. The van der Waals surface area contributed by atoms with Crippen LogP contribution in [0, 0.1) is 6.92 Å². The number of para-hydroxylation sites is 1. The van der Waals surface area contributed by atoms with Gasteiger partial charge in [0.1, 0.15) is 5.69 Å². The van der Waals surface area contributed by atoms with Crippen molar-refractivity contribution in [1.82, 2.24) is 4.98 Å². The zero-order valence-electron chi connectivity index (χ0n) is 12.4. The van der Waals surface area contributed by atoms with E-state index in [2.05, 4.69) is 4.98 Å². The Morgan fingerprint density at radius 3 is 2.43 bits per heavy atom. The maximum atomic E-state index is 13.1. The van der Waals surface area contributed by atoms with Crippen molar-refractivity contribution in [2.75, 3.05) is 0 Å². The molecule has 0 atom stereocenters. The van der Waals surface area contributed by atoms with Crippen LogP contribution in [-0.4, -0.2) is 4.98 Å². The van der Waals surface area contributed by atoms with Gasteiger partial charge in [-0.1, -0.05) is 36.4 Å². The van der Waals surface area contributed by atoms with Crippen molar-refractivity contribution >= 4 is 22.7 Å². The molecule has 3 aromatic rings. The number of nitrogens with zero attached hydrogens (tertiary/aromatic N) is 1. The molecule has 1 nitrogen and oxygen atoms in total. The van der Waals surface area contributed by atoms with Gasteiger partial charge in [-0.15, -0.1) is 11.8 Å². The summed E-state index contributed by atoms with van der Waals surface area (Å²) in [5.41, 5.74) is 0.994. The average molecular weight is 333 g/mol. The van der Waals surface area contributed by atoms with Crippen LogP contribution >= 0.6 is 11.8 Å². The molecule has 1 heterocycles. The molecule has 1 aromatic heterocycles. The Balaban J connectivity index is 2.05. The summed E-state index contributed by atoms with van der Waals surface area (Å²) in [4.78, 5) is 4.85. The predicted molar refractivity (Wildman–Crippen MR) is 87.5 cm³/mol. The highest BCUT2D eigenvalue weighted by Gasteiger charge is 2.33. The van der Waals surface area contributed by atoms with Crippen LogP contribution in [-0.2, 0) is 11.9 Å². The van der Waals surface area contributed by atoms with Gasteiger partial charge in [-0.3, -0.25) is 0 Å². The molecule has 0 unspecified atom stereocenters. The Kier molecular flexibility index (Phi) is 4.31. The zero-order valence-corrected chi connectivity index (χ0v) is 13.2. The molecular weight excluding hydrogens is 319 g/mol. The third kappa shape index (κ3) is 3.50. The third-order valence-electron chi connectivity index (χ3n) is 3.55. The number of pyridine rings is 1. The first-order chi connectivity index (χ1) is 10.9. The number of alkyl halides is 3. The molecule has 0 aliphatic rings. The molecular formula is C18H14F3NS. The van der Waals surface area contributed by atoms with Crippen LogP contribution in [0.25, 0.3) is 10.9 Å². The lowest BCUT2D eigenvalue weighted by Gasteiger charge is -2.13. The predicted octanol–water partition coefficient (Wildman–Crippen LogP) is 5.85. The highest BCUT2D eigenvalue weighted by atomic mass is 32.2. The van der Waals surface area contributed by atoms with Crippen molar-refractivity contribution in [3.05, 3.63) is 71.4 Å². The molecule has 0 saturated carbocycles. The number of rotatable bonds is 3. The standard InChI is InChI=1S/C18H14F3NS/c1-12-6-5-9-15-13(11-23-14-7-3-2-4-8-14)10-16(18(19,20)21)22-17(12)15/h2-10H,11H2,1H3. The minimum atomic E-state index is -4.44. The Bertz CT molecular complexity index is 829. The van der Waals surface area contributed by atoms with E-state index in [1.165, 1.54) is 11.8 Å². The fourth-order valence-electron chi connectivity index (χ4n) is 2.40. The zero-order chi connectivity index (χ0) is 16.4. The van der Waals surface area contributed by atoms with Gasteiger partial charge in [0.15, 0.2) is 0 Å². The number of hydrogen-bond donors (Lipinski definition) is 0. The summed E-state index contributed by atoms with van der Waals surface area (Å²) in [5.74, 6) is 0.468. The van der Waals surface area contributed by atoms with Crippen molar-refractivity contribution in [1.29, 1.82) is 0 Å². The topological polar surface area (TPSA) is 12.9 Å². The van der Waals surface area contributed by atoms with E-state index in [4.69, 9.17) is 0 Å². The van der Waals surface area contributed by atoms with Crippen LogP contribution in [0.1, 0.15) is 16.8 Å². The Morgan fingerprint density at radius 1 is 1.00 bits per heavy atom. The van der Waals surface area contributed by atoms with Crippen molar-refractivity contribution in [2.45, 2.75) is 23.7 Å². The van der Waals surface area contributed by atoms with Crippen molar-refractivity contribution in [3.63, 3.8) is 0 Å². The quantitative estimate of drug-likeness (QED) is 0.557. The Morgan fingerprint density at radius 2 is 1.74 bits per heavy atom. The van der Waals surface area contributed by atoms with Gasteiger partial charge in [-0.05, 0) is 36.2 Å². The molecule has 0 saturated heterocycles. The van der Waals surface area contributed by atoms with Gasteiger partial charge >= 0.3 is 6.18 Å². The smallest absolute Gasteiger partial charge is 0.243 e. The third-order valence-corrected chi connectivity index (χ3v) is 4.62. The first kappa shape index (κ1) is 15.9. The molecule has 23 heavy (non-hydrogen) atoms. The van der Waals surface area contributed by atoms with Crippen molar-refractivity contribution in [3.8, 4) is 0 Å². The number of fused-ring (bicyclic) bond motifs is 1. The molecule has 0 fully saturated rings. The molecule has 0 N–H and O–H groups in total. The lowest BCUT2D eigenvalue weighted by molar-refractivity contribution is -0.141. The van der Waals surface area contributed by atoms with E-state index in [0.717, 1.165) is 21.9 Å². The van der Waals surface area contributed by atoms with E-state index >= 15 is 0 Å². The Hall–Kier alpha value is -2.01. The molecule has 5 heteroatoms. The van der Waals surface area contributed by atoms with Gasteiger partial charge in [0.25, 0.3) is 0 Å². The monoisotopic (exact) mass is 333 g/mol. The second-order valence-electron chi connectivity index (χ2n) is 5.24. The van der Waals surface area contributed by atoms with Gasteiger partial charge < -0.3 is 0 Å². The van der Waals surface area contributed by atoms with Gasteiger partial charge in [0, 0.05) is 16.0 Å². The van der Waals surface area contributed by atoms with E-state index < -0.39 is 11.9 Å². The fourth-order valence-corrected chi connectivity index (χ4v) is 3.32. The van der Waals surface area contributed by atoms with Crippen LogP contribution in [0.15, 0.2) is 59.5 Å². The molecule has 0 aliphatic carbocycles. The number of benzene rings is 2. The maximum Gasteiger partial charge on any atom is 0.433 e. The van der Waals surface area contributed by atoms with E-state index in [0.29, 0.717) is 16.8 Å². The summed E-state index contributed by atoms with van der Waals surface area (Å²) >= 11 is 1.52. The largest absolute Gasteiger partial charge is 0.433 e. The maximum absolute atomic E-state index is 13.1. The number of aryl methyl sites for hydroxylation is 1. The molecule has 0 aliphatic heterocycles. The molecule has 118 valence electrons. The first-order valence-corrected chi connectivity index (χ1v) is 8.08. The van der Waals surface area contributed by atoms with Crippen LogP contribution in [0.3, 0.4) is 0 Å². The molecule has 0 spiro atoms. The number of hydrogen-bond acceptors (Lipinski definition) is 2. The number of halogens is 3. The van der Waals surface area contributed by atoms with Crippen LogP contribution in [0.5, 0.6) is 0 Å². The lowest BCUT2D eigenvalue weighted by atomic mass is 10.1. The van der Waals surface area contributed by atoms with Gasteiger partial charge in [-0.2, -0.15) is 13.2 Å². The van der Waals surface area contributed by atoms with Crippen LogP contribution < -0.4 is 0 Å². The van der Waals surface area contributed by atoms with Gasteiger partial charge in [0.2, 0.25) is 0 Å². The van der Waals surface area contributed by atoms with Gasteiger partial charge in [0.05, 0.1) is 5.52 Å². The van der Waals surface area contributed by atoms with E-state index in [-0.39, 0.29) is 0 Å². The SMILES string of the molecule is Cc1cccc2c(CSc3ccccc3)cc(C(F)(F)F)nc12. The highest BCUT2D eigenvalue weighted by Crippen LogP contribution is 2.34. The molecule has 2 aromatic carbocycles. The normalized spacial score (nSPS) is 11.8. The lowest BCUT2D eigenvalue weighted by Crippen LogP contribution is -2.09. The Labute approximate surface area is 136 Å². The van der Waals surface area contributed by atoms with E-state index in [1.807, 2.05) is 42.5 Å². The molecule has 0 amide bonds. The summed E-state index contributed by atoms with van der Waals surface area (Å²) in [5, 5.41) is 0.779. The summed E-state index contributed by atoms with van der Waals surface area (Å²) in [6, 6.07) is 16.3. The summed E-state index contributed by atoms with van der Waals surface area (Å²) in [6.07, 6.45) is -4.44. The minimum absolute atomic E-state index is 0.422. The molecule has 0 radical (unpaired) electrons. The summed E-state index contributed by atoms with van der Waals surface area (Å²) in [6.45, 7) is 1.78. The summed E-state index contributed by atoms with van der Waals surface area (Å²) in [7, 11) is 0. The number of thioether (sulfide) groups is 1. The summed E-state index contributed by atoms with van der Waals surface area (Å²) < 4.78 is 39.4. The highest BCUT2D eigenvalue weighted by molar-refractivity contribution is 7.98. The van der Waals surface area contributed by atoms with E-state index in [1.54, 1.807) is 13.0 Å². The van der Waals surface area contributed by atoms with E-state index in [9.17, 15) is 13.2 Å². The van der Waals surface area contributed by atoms with Crippen molar-refractivity contribution < 1.29 is 13.2 Å². The van der Waals surface area contributed by atoms with Gasteiger partial charge in [-0.25, -0.2) is 4.98 Å².